The lowest BCUT2D eigenvalue weighted by molar-refractivity contribution is -0.134. The van der Waals surface area contributed by atoms with Crippen molar-refractivity contribution in [3.63, 3.8) is 0 Å². The van der Waals surface area contributed by atoms with Crippen LogP contribution in [0.5, 0.6) is 17.2 Å². The van der Waals surface area contributed by atoms with E-state index in [9.17, 15) is 4.79 Å². The Bertz CT molecular complexity index is 1240. The molecule has 2 aliphatic heterocycles. The van der Waals surface area contributed by atoms with Gasteiger partial charge in [0, 0.05) is 25.7 Å². The van der Waals surface area contributed by atoms with Crippen LogP contribution in [-0.4, -0.2) is 54.3 Å². The van der Waals surface area contributed by atoms with Gasteiger partial charge in [-0.3, -0.25) is 4.79 Å². The number of piperazine rings is 1. The highest BCUT2D eigenvalue weighted by Crippen LogP contribution is 2.38. The molecule has 0 bridgehead atoms. The van der Waals surface area contributed by atoms with E-state index in [4.69, 9.17) is 14.5 Å². The molecule has 0 N–H and O–H groups in total. The zero-order chi connectivity index (χ0) is 23.7. The summed E-state index contributed by atoms with van der Waals surface area (Å²) in [5, 5.41) is 0. The second kappa shape index (κ2) is 9.21. The third-order valence-corrected chi connectivity index (χ3v) is 6.45. The number of aliphatic imine (C=N–C) groups is 1. The molecule has 3 aromatic carbocycles. The molecule has 6 nitrogen and oxygen atoms in total. The molecule has 3 aromatic rings. The maximum atomic E-state index is 13.1. The molecule has 2 aliphatic rings. The molecule has 0 spiro atoms. The molecule has 34 heavy (non-hydrogen) atoms. The lowest BCUT2D eigenvalue weighted by Crippen LogP contribution is -2.55. The summed E-state index contributed by atoms with van der Waals surface area (Å²) in [5.41, 5.74) is 3.95. The molecule has 1 saturated heterocycles. The van der Waals surface area contributed by atoms with Gasteiger partial charge >= 0.3 is 0 Å². The summed E-state index contributed by atoms with van der Waals surface area (Å²) in [4.78, 5) is 22.4. The first-order chi connectivity index (χ1) is 16.5. The molecule has 1 atom stereocenters. The highest BCUT2D eigenvalue weighted by Gasteiger charge is 2.31. The molecule has 1 fully saturated rings. The monoisotopic (exact) mass is 455 g/mol. The molecule has 0 saturated carbocycles. The molecule has 2 heterocycles. The number of rotatable bonds is 3. The quantitative estimate of drug-likeness (QED) is 0.560. The van der Waals surface area contributed by atoms with E-state index in [-0.39, 0.29) is 11.9 Å². The Balaban J connectivity index is 1.37. The number of hydrogen-bond acceptors (Lipinski definition) is 5. The Labute approximate surface area is 200 Å². The van der Waals surface area contributed by atoms with Crippen LogP contribution in [0.3, 0.4) is 0 Å². The van der Waals surface area contributed by atoms with Crippen molar-refractivity contribution in [1.82, 2.24) is 9.80 Å². The standard InChI is InChI=1S/C28H29N3O3/c1-19-8-13-25-23(16-19)28(29-24-6-4-5-7-26(24)34-25)30-14-15-31(20(2)18-30)27(32)17-21-9-11-22(33-3)12-10-21/h4-13,16,20H,14-15,17-18H2,1-3H3/t20-/m0/s1. The largest absolute Gasteiger partial charge is 0.497 e. The topological polar surface area (TPSA) is 54.4 Å². The van der Waals surface area contributed by atoms with Crippen LogP contribution >= 0.6 is 0 Å². The van der Waals surface area contributed by atoms with E-state index in [0.29, 0.717) is 26.1 Å². The van der Waals surface area contributed by atoms with E-state index in [0.717, 1.165) is 45.5 Å². The third kappa shape index (κ3) is 4.36. The Hall–Kier alpha value is -3.80. The Morgan fingerprint density at radius 1 is 1.06 bits per heavy atom. The summed E-state index contributed by atoms with van der Waals surface area (Å²) in [6.45, 7) is 6.26. The number of amidine groups is 1. The molecular formula is C28H29N3O3. The zero-order valence-corrected chi connectivity index (χ0v) is 19.8. The van der Waals surface area contributed by atoms with Crippen LogP contribution in [0.25, 0.3) is 0 Å². The fourth-order valence-corrected chi connectivity index (χ4v) is 4.62. The number of carbonyl (C=O) groups excluding carboxylic acids is 1. The van der Waals surface area contributed by atoms with Crippen LogP contribution in [0, 0.1) is 6.92 Å². The van der Waals surface area contributed by atoms with Gasteiger partial charge in [0.25, 0.3) is 0 Å². The first-order valence-electron chi connectivity index (χ1n) is 11.7. The van der Waals surface area contributed by atoms with Crippen LogP contribution in [-0.2, 0) is 11.2 Å². The molecule has 0 aliphatic carbocycles. The highest BCUT2D eigenvalue weighted by molar-refractivity contribution is 6.04. The van der Waals surface area contributed by atoms with Gasteiger partial charge in [0.05, 0.1) is 19.1 Å². The van der Waals surface area contributed by atoms with Crippen LogP contribution in [0.2, 0.25) is 0 Å². The third-order valence-electron chi connectivity index (χ3n) is 6.45. The van der Waals surface area contributed by atoms with Gasteiger partial charge in [-0.05, 0) is 55.8 Å². The number of para-hydroxylation sites is 2. The average molecular weight is 456 g/mol. The van der Waals surface area contributed by atoms with Gasteiger partial charge in [-0.1, -0.05) is 35.9 Å². The van der Waals surface area contributed by atoms with E-state index in [1.54, 1.807) is 7.11 Å². The fraction of sp³-hybridized carbons (Fsp3) is 0.286. The van der Waals surface area contributed by atoms with Gasteiger partial charge in [0.2, 0.25) is 5.91 Å². The molecule has 6 heteroatoms. The van der Waals surface area contributed by atoms with Crippen molar-refractivity contribution in [3.05, 3.63) is 83.4 Å². The second-order valence-corrected chi connectivity index (χ2v) is 8.91. The first kappa shape index (κ1) is 22.0. The molecule has 174 valence electrons. The van der Waals surface area contributed by atoms with Gasteiger partial charge in [-0.2, -0.15) is 0 Å². The van der Waals surface area contributed by atoms with Crippen molar-refractivity contribution >= 4 is 17.4 Å². The predicted molar refractivity (Wildman–Crippen MR) is 133 cm³/mol. The van der Waals surface area contributed by atoms with Crippen LogP contribution < -0.4 is 9.47 Å². The lowest BCUT2D eigenvalue weighted by atomic mass is 10.1. The lowest BCUT2D eigenvalue weighted by Gasteiger charge is -2.41. The van der Waals surface area contributed by atoms with Gasteiger partial charge in [0.1, 0.15) is 23.0 Å². The average Bonchev–Trinajstić information content (AvgIpc) is 3.01. The SMILES string of the molecule is COc1ccc(CC(=O)N2CCN(C3=Nc4ccccc4Oc4ccc(C)cc43)C[C@@H]2C)cc1. The van der Waals surface area contributed by atoms with E-state index in [1.165, 1.54) is 0 Å². The Morgan fingerprint density at radius 3 is 2.62 bits per heavy atom. The van der Waals surface area contributed by atoms with Crippen molar-refractivity contribution in [2.75, 3.05) is 26.7 Å². The van der Waals surface area contributed by atoms with Crippen LogP contribution in [0.4, 0.5) is 5.69 Å². The number of methoxy groups -OCH3 is 1. The summed E-state index contributed by atoms with van der Waals surface area (Å²) >= 11 is 0. The van der Waals surface area contributed by atoms with E-state index in [2.05, 4.69) is 30.9 Å². The number of fused-ring (bicyclic) bond motifs is 2. The van der Waals surface area contributed by atoms with Crippen molar-refractivity contribution < 1.29 is 14.3 Å². The van der Waals surface area contributed by atoms with Crippen molar-refractivity contribution in [3.8, 4) is 17.2 Å². The number of benzene rings is 3. The number of nitrogens with zero attached hydrogens (tertiary/aromatic N) is 3. The van der Waals surface area contributed by atoms with E-state index < -0.39 is 0 Å². The number of ether oxygens (including phenoxy) is 2. The number of carbonyl (C=O) groups is 1. The summed E-state index contributed by atoms with van der Waals surface area (Å²) in [6, 6.07) is 21.8. The minimum absolute atomic E-state index is 0.0647. The van der Waals surface area contributed by atoms with Crippen molar-refractivity contribution in [2.45, 2.75) is 26.3 Å². The highest BCUT2D eigenvalue weighted by atomic mass is 16.5. The smallest absolute Gasteiger partial charge is 0.227 e. The molecule has 1 amide bonds. The van der Waals surface area contributed by atoms with E-state index in [1.807, 2.05) is 59.5 Å². The zero-order valence-electron chi connectivity index (χ0n) is 19.8. The van der Waals surface area contributed by atoms with Crippen LogP contribution in [0.15, 0.2) is 71.7 Å². The van der Waals surface area contributed by atoms with Gasteiger partial charge in [0.15, 0.2) is 5.75 Å². The number of hydrogen-bond donors (Lipinski definition) is 0. The summed E-state index contributed by atoms with van der Waals surface area (Å²) in [7, 11) is 1.64. The maximum absolute atomic E-state index is 13.1. The van der Waals surface area contributed by atoms with Gasteiger partial charge in [-0.15, -0.1) is 0 Å². The molecule has 0 unspecified atom stereocenters. The van der Waals surface area contributed by atoms with Gasteiger partial charge < -0.3 is 19.3 Å². The predicted octanol–water partition coefficient (Wildman–Crippen LogP) is 4.96. The first-order valence-corrected chi connectivity index (χ1v) is 11.7. The van der Waals surface area contributed by atoms with Crippen LogP contribution in [0.1, 0.15) is 23.6 Å². The fourth-order valence-electron chi connectivity index (χ4n) is 4.62. The molecule has 0 aromatic heterocycles. The molecule has 5 rings (SSSR count). The second-order valence-electron chi connectivity index (χ2n) is 8.91. The summed E-state index contributed by atoms with van der Waals surface area (Å²) < 4.78 is 11.5. The Kier molecular flexibility index (Phi) is 5.97. The number of amides is 1. The maximum Gasteiger partial charge on any atom is 0.227 e. The normalized spacial score (nSPS) is 17.1. The Morgan fingerprint density at radius 2 is 1.85 bits per heavy atom. The van der Waals surface area contributed by atoms with E-state index >= 15 is 0 Å². The summed E-state index contributed by atoms with van der Waals surface area (Å²) in [6.07, 6.45) is 0.387. The van der Waals surface area contributed by atoms with Gasteiger partial charge in [-0.25, -0.2) is 4.99 Å². The van der Waals surface area contributed by atoms with Crippen molar-refractivity contribution in [2.24, 2.45) is 4.99 Å². The minimum Gasteiger partial charge on any atom is -0.497 e. The van der Waals surface area contributed by atoms with Crippen molar-refractivity contribution in [1.29, 1.82) is 0 Å². The molecule has 0 radical (unpaired) electrons. The number of aryl methyl sites for hydroxylation is 1. The molecular weight excluding hydrogens is 426 g/mol. The minimum atomic E-state index is 0.0647. The summed E-state index contributed by atoms with van der Waals surface area (Å²) in [5.74, 6) is 3.40.